The molecule has 0 bridgehead atoms. The average Bonchev–Trinajstić information content (AvgIpc) is 3.27. The smallest absolute Gasteiger partial charge is 0.405 e. The number of halogens is 1. The maximum atomic E-state index is 14.4. The second-order valence-corrected chi connectivity index (χ2v) is 8.97. The SMILES string of the molecule is CCC(NC(=O)O)C(=O)N1CCc2c(nc(Cc3ccc(OC)c(F)c3)c3[nH]c4ccccc4c23)C1. The minimum Gasteiger partial charge on any atom is -0.494 e. The third kappa shape index (κ3) is 4.21. The Bertz CT molecular complexity index is 1480. The molecule has 0 spiro atoms. The summed E-state index contributed by atoms with van der Waals surface area (Å²) in [5, 5.41) is 13.6. The molecule has 2 aromatic heterocycles. The van der Waals surface area contributed by atoms with Crippen molar-refractivity contribution in [2.24, 2.45) is 0 Å². The molecule has 4 aromatic rings. The molecular weight excluding hydrogens is 463 g/mol. The van der Waals surface area contributed by atoms with Gasteiger partial charge in [0.1, 0.15) is 6.04 Å². The van der Waals surface area contributed by atoms with Crippen molar-refractivity contribution in [3.63, 3.8) is 0 Å². The molecule has 0 saturated carbocycles. The van der Waals surface area contributed by atoms with E-state index in [1.54, 1.807) is 17.9 Å². The summed E-state index contributed by atoms with van der Waals surface area (Å²) in [6, 6.07) is 12.1. The molecule has 8 nitrogen and oxygen atoms in total. The highest BCUT2D eigenvalue weighted by Gasteiger charge is 2.30. The van der Waals surface area contributed by atoms with Crippen LogP contribution < -0.4 is 10.1 Å². The summed E-state index contributed by atoms with van der Waals surface area (Å²) < 4.78 is 19.4. The lowest BCUT2D eigenvalue weighted by Crippen LogP contribution is -2.49. The van der Waals surface area contributed by atoms with Crippen LogP contribution in [0.1, 0.15) is 35.9 Å². The number of para-hydroxylation sites is 1. The molecule has 36 heavy (non-hydrogen) atoms. The van der Waals surface area contributed by atoms with E-state index in [0.29, 0.717) is 25.8 Å². The fourth-order valence-corrected chi connectivity index (χ4v) is 5.05. The number of nitrogens with one attached hydrogen (secondary N) is 2. The second-order valence-electron chi connectivity index (χ2n) is 8.97. The molecule has 186 valence electrons. The molecule has 9 heteroatoms. The summed E-state index contributed by atoms with van der Waals surface area (Å²) in [7, 11) is 1.43. The topological polar surface area (TPSA) is 108 Å². The van der Waals surface area contributed by atoms with Gasteiger partial charge in [0.15, 0.2) is 11.6 Å². The number of hydrogen-bond acceptors (Lipinski definition) is 4. The van der Waals surface area contributed by atoms with Gasteiger partial charge < -0.3 is 25.0 Å². The third-order valence-electron chi connectivity index (χ3n) is 6.79. The fraction of sp³-hybridized carbons (Fsp3) is 0.296. The van der Waals surface area contributed by atoms with E-state index in [4.69, 9.17) is 14.8 Å². The lowest BCUT2D eigenvalue weighted by molar-refractivity contribution is -0.134. The first kappa shape index (κ1) is 23.6. The lowest BCUT2D eigenvalue weighted by atomic mass is 9.96. The van der Waals surface area contributed by atoms with Crippen LogP contribution in [0.2, 0.25) is 0 Å². The van der Waals surface area contributed by atoms with Gasteiger partial charge in [-0.1, -0.05) is 31.2 Å². The van der Waals surface area contributed by atoms with Gasteiger partial charge in [0.25, 0.3) is 0 Å². The van der Waals surface area contributed by atoms with Crippen molar-refractivity contribution in [3.05, 3.63) is 70.8 Å². The number of nitrogens with zero attached hydrogens (tertiary/aromatic N) is 2. The molecule has 0 fully saturated rings. The first-order chi connectivity index (χ1) is 17.4. The Hall–Kier alpha value is -4.14. The number of ether oxygens (including phenoxy) is 1. The Labute approximate surface area is 207 Å². The van der Waals surface area contributed by atoms with Gasteiger partial charge in [0.05, 0.1) is 30.6 Å². The van der Waals surface area contributed by atoms with Crippen LogP contribution in [0.25, 0.3) is 21.8 Å². The molecule has 0 saturated heterocycles. The zero-order valence-electron chi connectivity index (χ0n) is 20.1. The molecule has 1 atom stereocenters. The third-order valence-corrected chi connectivity index (χ3v) is 6.79. The van der Waals surface area contributed by atoms with E-state index in [2.05, 4.69) is 16.4 Å². The molecule has 5 rings (SSSR count). The molecule has 1 aliphatic rings. The van der Waals surface area contributed by atoms with Crippen LogP contribution in [0, 0.1) is 5.82 Å². The van der Waals surface area contributed by atoms with Gasteiger partial charge in [-0.3, -0.25) is 9.78 Å². The quantitative estimate of drug-likeness (QED) is 0.372. The number of rotatable bonds is 6. The highest BCUT2D eigenvalue weighted by Crippen LogP contribution is 2.35. The van der Waals surface area contributed by atoms with Crippen molar-refractivity contribution in [2.45, 2.75) is 38.8 Å². The predicted molar refractivity (Wildman–Crippen MR) is 134 cm³/mol. The zero-order chi connectivity index (χ0) is 25.4. The number of H-pyrrole nitrogens is 1. The van der Waals surface area contributed by atoms with E-state index in [1.807, 2.05) is 24.3 Å². The van der Waals surface area contributed by atoms with E-state index in [0.717, 1.165) is 44.3 Å². The number of amides is 2. The fourth-order valence-electron chi connectivity index (χ4n) is 5.05. The highest BCUT2D eigenvalue weighted by atomic mass is 19.1. The standard InChI is InChI=1S/C27H27FN4O4/c1-3-19(31-27(34)35)26(33)32-11-10-17-22(14-32)29-21(13-15-8-9-23(36-2)18(28)12-15)25-24(17)16-6-4-5-7-20(16)30-25/h4-9,12,19,30-31H,3,10-11,13-14H2,1-2H3,(H,34,35). The highest BCUT2D eigenvalue weighted by molar-refractivity contribution is 6.10. The molecule has 2 aromatic carbocycles. The van der Waals surface area contributed by atoms with Crippen molar-refractivity contribution in [3.8, 4) is 5.75 Å². The van der Waals surface area contributed by atoms with Gasteiger partial charge in [-0.25, -0.2) is 9.18 Å². The second kappa shape index (κ2) is 9.49. The van der Waals surface area contributed by atoms with Crippen molar-refractivity contribution in [1.29, 1.82) is 0 Å². The molecule has 3 heterocycles. The molecule has 3 N–H and O–H groups in total. The average molecular weight is 491 g/mol. The van der Waals surface area contributed by atoms with Crippen LogP contribution in [0.3, 0.4) is 0 Å². The number of carbonyl (C=O) groups excluding carboxylic acids is 1. The summed E-state index contributed by atoms with van der Waals surface area (Å²) >= 11 is 0. The number of fused-ring (bicyclic) bond motifs is 5. The number of hydrogen-bond donors (Lipinski definition) is 3. The van der Waals surface area contributed by atoms with Gasteiger partial charge in [-0.05, 0) is 42.2 Å². The van der Waals surface area contributed by atoms with E-state index in [-0.39, 0.29) is 18.2 Å². The summed E-state index contributed by atoms with van der Waals surface area (Å²) in [5.74, 6) is -0.512. The molecule has 2 amide bonds. The van der Waals surface area contributed by atoms with E-state index in [1.165, 1.54) is 13.2 Å². The predicted octanol–water partition coefficient (Wildman–Crippen LogP) is 4.39. The van der Waals surface area contributed by atoms with E-state index < -0.39 is 18.0 Å². The maximum absolute atomic E-state index is 14.4. The Kier molecular flexibility index (Phi) is 6.22. The Morgan fingerprint density at radius 1 is 1.28 bits per heavy atom. The molecule has 0 radical (unpaired) electrons. The molecular formula is C27H27FN4O4. The summed E-state index contributed by atoms with van der Waals surface area (Å²) in [6.07, 6.45) is 0.134. The molecule has 1 unspecified atom stereocenters. The number of pyridine rings is 1. The van der Waals surface area contributed by atoms with E-state index in [9.17, 15) is 14.0 Å². The molecule has 0 aliphatic carbocycles. The van der Waals surface area contributed by atoms with Gasteiger partial charge >= 0.3 is 6.09 Å². The number of methoxy groups -OCH3 is 1. The van der Waals surface area contributed by atoms with Crippen molar-refractivity contribution < 1.29 is 23.8 Å². The van der Waals surface area contributed by atoms with Crippen LogP contribution in [-0.4, -0.2) is 51.7 Å². The van der Waals surface area contributed by atoms with Crippen LogP contribution in [0.15, 0.2) is 42.5 Å². The minimum absolute atomic E-state index is 0.183. The number of carbonyl (C=O) groups is 2. The van der Waals surface area contributed by atoms with Gasteiger partial charge in [0.2, 0.25) is 5.91 Å². The van der Waals surface area contributed by atoms with Crippen LogP contribution in [-0.2, 0) is 24.2 Å². The zero-order valence-corrected chi connectivity index (χ0v) is 20.1. The normalized spacial score (nSPS) is 14.0. The molecule has 1 aliphatic heterocycles. The van der Waals surface area contributed by atoms with Crippen molar-refractivity contribution in [2.75, 3.05) is 13.7 Å². The summed E-state index contributed by atoms with van der Waals surface area (Å²) in [5.41, 5.74) is 5.26. The first-order valence-corrected chi connectivity index (χ1v) is 11.9. The number of aromatic nitrogens is 2. The largest absolute Gasteiger partial charge is 0.494 e. The monoisotopic (exact) mass is 490 g/mol. The van der Waals surface area contributed by atoms with Crippen LogP contribution >= 0.6 is 0 Å². The maximum Gasteiger partial charge on any atom is 0.405 e. The summed E-state index contributed by atoms with van der Waals surface area (Å²) in [4.78, 5) is 34.4. The number of carboxylic acid groups (broad SMARTS) is 1. The lowest BCUT2D eigenvalue weighted by Gasteiger charge is -2.31. The Balaban J connectivity index is 1.58. The minimum atomic E-state index is -1.22. The van der Waals surface area contributed by atoms with Crippen molar-refractivity contribution >= 4 is 33.8 Å². The van der Waals surface area contributed by atoms with Gasteiger partial charge in [-0.2, -0.15) is 0 Å². The van der Waals surface area contributed by atoms with Crippen LogP contribution in [0.4, 0.5) is 9.18 Å². The summed E-state index contributed by atoms with van der Waals surface area (Å²) in [6.45, 7) is 2.53. The van der Waals surface area contributed by atoms with Gasteiger partial charge in [0, 0.05) is 29.3 Å². The van der Waals surface area contributed by atoms with Gasteiger partial charge in [-0.15, -0.1) is 0 Å². The first-order valence-electron chi connectivity index (χ1n) is 11.9. The Morgan fingerprint density at radius 3 is 2.81 bits per heavy atom. The number of aromatic amines is 1. The van der Waals surface area contributed by atoms with E-state index >= 15 is 0 Å². The Morgan fingerprint density at radius 2 is 2.08 bits per heavy atom. The number of benzene rings is 2. The van der Waals surface area contributed by atoms with Crippen molar-refractivity contribution in [1.82, 2.24) is 20.2 Å². The van der Waals surface area contributed by atoms with Crippen LogP contribution in [0.5, 0.6) is 5.75 Å².